The standard InChI is InChI=1S/C30H33N3O5/c1-20-27(32-29(38-20)22-10-13-31-14-11-22)12-15-37-26-8-6-21(7-9-26)16-25(30(35)36)17-28(34)33-18-23-4-2-3-5-24(23)19-33/h6-11,13-14,16,23-24H,2-5,12,15,17-19H2,1H3,(H,35,36)/b25-16-/t23-,24+. The van der Waals surface area contributed by atoms with Crippen LogP contribution < -0.4 is 4.74 Å². The maximum absolute atomic E-state index is 12.9. The van der Waals surface area contributed by atoms with Gasteiger partial charge in [-0.05, 0) is 67.5 Å². The number of pyridine rings is 1. The molecule has 8 nitrogen and oxygen atoms in total. The van der Waals surface area contributed by atoms with E-state index in [1.54, 1.807) is 42.7 Å². The smallest absolute Gasteiger partial charge is 0.332 e. The molecular formula is C30H33N3O5. The van der Waals surface area contributed by atoms with Crippen molar-refractivity contribution in [3.8, 4) is 17.2 Å². The van der Waals surface area contributed by atoms with E-state index in [1.807, 2.05) is 24.0 Å². The summed E-state index contributed by atoms with van der Waals surface area (Å²) < 4.78 is 11.7. The fraction of sp³-hybridized carbons (Fsp3) is 0.400. The minimum atomic E-state index is -1.07. The second-order valence-electron chi connectivity index (χ2n) is 10.2. The molecule has 1 amide bonds. The lowest BCUT2D eigenvalue weighted by molar-refractivity contribution is -0.136. The lowest BCUT2D eigenvalue weighted by Gasteiger charge is -2.22. The van der Waals surface area contributed by atoms with Crippen molar-refractivity contribution in [3.05, 3.63) is 71.4 Å². The highest BCUT2D eigenvalue weighted by Crippen LogP contribution is 2.36. The highest BCUT2D eigenvalue weighted by atomic mass is 16.5. The molecule has 3 aromatic rings. The minimum Gasteiger partial charge on any atom is -0.493 e. The Bertz CT molecular complexity index is 1290. The van der Waals surface area contributed by atoms with Gasteiger partial charge in [-0.2, -0.15) is 0 Å². The van der Waals surface area contributed by atoms with Gasteiger partial charge in [-0.25, -0.2) is 9.78 Å². The number of nitrogens with zero attached hydrogens (tertiary/aromatic N) is 3. The monoisotopic (exact) mass is 515 g/mol. The van der Waals surface area contributed by atoms with Crippen molar-refractivity contribution in [3.63, 3.8) is 0 Å². The number of carboxylic acid groups (broad SMARTS) is 1. The van der Waals surface area contributed by atoms with Crippen molar-refractivity contribution in [2.24, 2.45) is 11.8 Å². The van der Waals surface area contributed by atoms with Crippen LogP contribution in [0.5, 0.6) is 5.75 Å². The van der Waals surface area contributed by atoms with Crippen LogP contribution in [-0.2, 0) is 16.0 Å². The number of aromatic nitrogens is 2. The SMILES string of the molecule is Cc1oc(-c2ccncc2)nc1CCOc1ccc(/C=C(/CC(=O)N2C[C@H]3CCCC[C@H]3C2)C(=O)O)cc1. The zero-order valence-corrected chi connectivity index (χ0v) is 21.6. The number of hydrogen-bond donors (Lipinski definition) is 1. The summed E-state index contributed by atoms with van der Waals surface area (Å²) in [7, 11) is 0. The lowest BCUT2D eigenvalue weighted by atomic mass is 9.82. The summed E-state index contributed by atoms with van der Waals surface area (Å²) in [5.41, 5.74) is 2.53. The van der Waals surface area contributed by atoms with Gasteiger partial charge in [0.05, 0.1) is 18.7 Å². The second-order valence-corrected chi connectivity index (χ2v) is 10.2. The van der Waals surface area contributed by atoms with E-state index < -0.39 is 5.97 Å². The van der Waals surface area contributed by atoms with Crippen LogP contribution in [0.15, 0.2) is 58.8 Å². The molecule has 1 aliphatic carbocycles. The molecule has 2 fully saturated rings. The Kier molecular flexibility index (Phi) is 7.86. The molecule has 1 aliphatic heterocycles. The average molecular weight is 516 g/mol. The van der Waals surface area contributed by atoms with Crippen LogP contribution in [0.4, 0.5) is 0 Å². The fourth-order valence-electron chi connectivity index (χ4n) is 5.48. The van der Waals surface area contributed by atoms with E-state index in [9.17, 15) is 14.7 Å². The second kappa shape index (κ2) is 11.6. The molecule has 3 heterocycles. The maximum atomic E-state index is 12.9. The number of ether oxygens (including phenoxy) is 1. The van der Waals surface area contributed by atoms with Gasteiger partial charge >= 0.3 is 5.97 Å². The van der Waals surface area contributed by atoms with Gasteiger partial charge in [-0.15, -0.1) is 0 Å². The Hall–Kier alpha value is -3.94. The first kappa shape index (κ1) is 25.7. The number of aryl methyl sites for hydroxylation is 1. The molecule has 1 saturated carbocycles. The van der Waals surface area contributed by atoms with Crippen molar-refractivity contribution in [1.82, 2.24) is 14.9 Å². The number of benzene rings is 1. The van der Waals surface area contributed by atoms with Crippen molar-refractivity contribution < 1.29 is 23.8 Å². The summed E-state index contributed by atoms with van der Waals surface area (Å²) in [5, 5.41) is 9.73. The van der Waals surface area contributed by atoms with Crippen molar-refractivity contribution in [1.29, 1.82) is 0 Å². The Balaban J connectivity index is 1.15. The number of carboxylic acids is 1. The summed E-state index contributed by atoms with van der Waals surface area (Å²) in [4.78, 5) is 35.2. The molecule has 5 rings (SSSR count). The van der Waals surface area contributed by atoms with Crippen LogP contribution in [0, 0.1) is 18.8 Å². The first-order chi connectivity index (χ1) is 18.5. The highest BCUT2D eigenvalue weighted by molar-refractivity contribution is 5.98. The first-order valence-corrected chi connectivity index (χ1v) is 13.3. The third-order valence-corrected chi connectivity index (χ3v) is 7.59. The van der Waals surface area contributed by atoms with E-state index >= 15 is 0 Å². The summed E-state index contributed by atoms with van der Waals surface area (Å²) in [6.45, 7) is 3.84. The van der Waals surface area contributed by atoms with Gasteiger partial charge in [0.15, 0.2) is 0 Å². The molecule has 0 bridgehead atoms. The number of oxazole rings is 1. The van der Waals surface area contributed by atoms with Crippen molar-refractivity contribution in [2.45, 2.75) is 45.4 Å². The van der Waals surface area contributed by atoms with Gasteiger partial charge in [-0.3, -0.25) is 9.78 Å². The maximum Gasteiger partial charge on any atom is 0.332 e. The topological polar surface area (TPSA) is 106 Å². The predicted molar refractivity (Wildman–Crippen MR) is 142 cm³/mol. The number of likely N-dealkylation sites (tertiary alicyclic amines) is 1. The van der Waals surface area contributed by atoms with E-state index in [1.165, 1.54) is 25.7 Å². The van der Waals surface area contributed by atoms with Crippen LogP contribution in [0.2, 0.25) is 0 Å². The number of carbonyl (C=O) groups is 2. The van der Waals surface area contributed by atoms with Crippen LogP contribution >= 0.6 is 0 Å². The molecule has 2 atom stereocenters. The average Bonchev–Trinajstić information content (AvgIpc) is 3.53. The quantitative estimate of drug-likeness (QED) is 0.392. The number of hydrogen-bond acceptors (Lipinski definition) is 6. The zero-order valence-electron chi connectivity index (χ0n) is 21.6. The Morgan fingerprint density at radius 1 is 1.08 bits per heavy atom. The molecule has 8 heteroatoms. The Labute approximate surface area is 222 Å². The van der Waals surface area contributed by atoms with Crippen LogP contribution in [-0.4, -0.2) is 51.5 Å². The summed E-state index contributed by atoms with van der Waals surface area (Å²) >= 11 is 0. The highest BCUT2D eigenvalue weighted by Gasteiger charge is 2.36. The fourth-order valence-corrected chi connectivity index (χ4v) is 5.48. The molecule has 198 valence electrons. The molecule has 1 saturated heterocycles. The van der Waals surface area contributed by atoms with Crippen LogP contribution in [0.3, 0.4) is 0 Å². The Morgan fingerprint density at radius 2 is 1.76 bits per heavy atom. The van der Waals surface area contributed by atoms with E-state index in [0.717, 1.165) is 30.1 Å². The minimum absolute atomic E-state index is 0.0917. The van der Waals surface area contributed by atoms with E-state index in [4.69, 9.17) is 9.15 Å². The summed E-state index contributed by atoms with van der Waals surface area (Å²) in [5.74, 6) is 1.98. The molecular weight excluding hydrogens is 482 g/mol. The third kappa shape index (κ3) is 6.13. The molecule has 1 aromatic carbocycles. The van der Waals surface area contributed by atoms with Gasteiger partial charge in [0, 0.05) is 43.0 Å². The van der Waals surface area contributed by atoms with Crippen molar-refractivity contribution in [2.75, 3.05) is 19.7 Å². The Morgan fingerprint density at radius 3 is 2.42 bits per heavy atom. The van der Waals surface area contributed by atoms with Gasteiger partial charge in [0.1, 0.15) is 11.5 Å². The molecule has 0 unspecified atom stereocenters. The van der Waals surface area contributed by atoms with Gasteiger partial charge in [0.25, 0.3) is 0 Å². The van der Waals surface area contributed by atoms with Gasteiger partial charge in [-0.1, -0.05) is 25.0 Å². The van der Waals surface area contributed by atoms with E-state index in [-0.39, 0.29) is 17.9 Å². The normalized spacial score (nSPS) is 19.3. The number of fused-ring (bicyclic) bond motifs is 1. The summed E-state index contributed by atoms with van der Waals surface area (Å²) in [6, 6.07) is 10.9. The first-order valence-electron chi connectivity index (χ1n) is 13.3. The molecule has 0 spiro atoms. The largest absolute Gasteiger partial charge is 0.493 e. The zero-order chi connectivity index (χ0) is 26.5. The van der Waals surface area contributed by atoms with E-state index in [2.05, 4.69) is 9.97 Å². The molecule has 0 radical (unpaired) electrons. The predicted octanol–water partition coefficient (Wildman–Crippen LogP) is 5.17. The number of amides is 1. The molecule has 1 N–H and O–H groups in total. The third-order valence-electron chi connectivity index (χ3n) is 7.59. The van der Waals surface area contributed by atoms with Crippen LogP contribution in [0.1, 0.15) is 49.1 Å². The van der Waals surface area contributed by atoms with Gasteiger partial charge < -0.3 is 19.2 Å². The van der Waals surface area contributed by atoms with Gasteiger partial charge in [0.2, 0.25) is 11.8 Å². The van der Waals surface area contributed by atoms with E-state index in [0.29, 0.717) is 42.1 Å². The summed E-state index contributed by atoms with van der Waals surface area (Å²) in [6.07, 6.45) is 10.3. The van der Waals surface area contributed by atoms with Crippen molar-refractivity contribution >= 4 is 18.0 Å². The lowest BCUT2D eigenvalue weighted by Crippen LogP contribution is -2.29. The number of aliphatic carboxylic acids is 1. The number of carbonyl (C=O) groups excluding carboxylic acids is 1. The number of rotatable bonds is 9. The molecule has 2 aliphatic rings. The molecule has 2 aromatic heterocycles. The van der Waals surface area contributed by atoms with Crippen LogP contribution in [0.25, 0.3) is 17.5 Å². The molecule has 38 heavy (non-hydrogen) atoms.